The molecule has 0 atom stereocenters. The van der Waals surface area contributed by atoms with Crippen molar-refractivity contribution in [2.45, 2.75) is 6.42 Å². The van der Waals surface area contributed by atoms with E-state index in [1.165, 1.54) is 0 Å². The van der Waals surface area contributed by atoms with Gasteiger partial charge in [-0.1, -0.05) is 11.6 Å². The Labute approximate surface area is 90.1 Å². The highest BCUT2D eigenvalue weighted by molar-refractivity contribution is 6.33. The van der Waals surface area contributed by atoms with Crippen LogP contribution < -0.4 is 5.32 Å². The number of anilines is 1. The van der Waals surface area contributed by atoms with Crippen LogP contribution in [0.2, 0.25) is 5.02 Å². The smallest absolute Gasteiger partial charge is 0.0820 e. The van der Waals surface area contributed by atoms with E-state index in [0.29, 0.717) is 5.02 Å². The lowest BCUT2D eigenvalue weighted by molar-refractivity contribution is 0.405. The highest BCUT2D eigenvalue weighted by Gasteiger charge is 1.97. The molecule has 0 saturated carbocycles. The van der Waals surface area contributed by atoms with Crippen LogP contribution in [0.25, 0.3) is 0 Å². The Morgan fingerprint density at radius 3 is 2.93 bits per heavy atom. The Hall–Kier alpha value is -0.800. The minimum absolute atomic E-state index is 0.678. The third-order valence-corrected chi connectivity index (χ3v) is 2.17. The van der Waals surface area contributed by atoms with E-state index in [0.717, 1.165) is 25.2 Å². The van der Waals surface area contributed by atoms with Crippen molar-refractivity contribution in [2.24, 2.45) is 0 Å². The van der Waals surface area contributed by atoms with Crippen molar-refractivity contribution in [3.63, 3.8) is 0 Å². The normalized spacial score (nSPS) is 10.6. The summed E-state index contributed by atoms with van der Waals surface area (Å²) in [5.41, 5.74) is 0.959. The van der Waals surface area contributed by atoms with Crippen molar-refractivity contribution in [3.8, 4) is 0 Å². The van der Waals surface area contributed by atoms with Crippen LogP contribution in [0.1, 0.15) is 6.42 Å². The zero-order valence-electron chi connectivity index (χ0n) is 8.63. The van der Waals surface area contributed by atoms with Gasteiger partial charge in [0.1, 0.15) is 0 Å². The Morgan fingerprint density at radius 1 is 1.50 bits per heavy atom. The predicted octanol–water partition coefficient (Wildman–Crippen LogP) is 2.10. The molecule has 0 spiro atoms. The first-order valence-electron chi connectivity index (χ1n) is 4.68. The summed E-state index contributed by atoms with van der Waals surface area (Å²) in [6.45, 7) is 2.01. The average Bonchev–Trinajstić information content (AvgIpc) is 2.15. The van der Waals surface area contributed by atoms with Gasteiger partial charge in [0, 0.05) is 18.9 Å². The summed E-state index contributed by atoms with van der Waals surface area (Å²) < 4.78 is 0. The van der Waals surface area contributed by atoms with Gasteiger partial charge in [0.05, 0.1) is 10.7 Å². The number of hydrogen-bond acceptors (Lipinski definition) is 3. The molecule has 3 nitrogen and oxygen atoms in total. The number of aromatic nitrogens is 1. The van der Waals surface area contributed by atoms with Crippen LogP contribution in [0.3, 0.4) is 0 Å². The number of nitrogens with zero attached hydrogens (tertiary/aromatic N) is 2. The lowest BCUT2D eigenvalue weighted by Crippen LogP contribution is -2.16. The molecule has 0 radical (unpaired) electrons. The summed E-state index contributed by atoms with van der Waals surface area (Å²) in [5, 5.41) is 3.95. The van der Waals surface area contributed by atoms with Gasteiger partial charge in [0.15, 0.2) is 0 Å². The molecule has 1 N–H and O–H groups in total. The predicted molar refractivity (Wildman–Crippen MR) is 60.9 cm³/mol. The molecule has 1 heterocycles. The molecule has 1 aromatic heterocycles. The summed E-state index contributed by atoms with van der Waals surface area (Å²) in [7, 11) is 4.14. The van der Waals surface area contributed by atoms with E-state index < -0.39 is 0 Å². The second-order valence-corrected chi connectivity index (χ2v) is 3.85. The highest BCUT2D eigenvalue weighted by Crippen LogP contribution is 2.18. The van der Waals surface area contributed by atoms with E-state index in [2.05, 4.69) is 29.3 Å². The molecule has 0 bridgehead atoms. The van der Waals surface area contributed by atoms with Crippen molar-refractivity contribution in [1.82, 2.24) is 9.88 Å². The number of pyridine rings is 1. The average molecular weight is 214 g/mol. The molecule has 78 valence electrons. The van der Waals surface area contributed by atoms with Crippen LogP contribution in [-0.2, 0) is 0 Å². The summed E-state index contributed by atoms with van der Waals surface area (Å²) in [5.74, 6) is 0. The Morgan fingerprint density at radius 2 is 2.29 bits per heavy atom. The molecule has 0 aliphatic rings. The van der Waals surface area contributed by atoms with Crippen molar-refractivity contribution in [1.29, 1.82) is 0 Å². The summed E-state index contributed by atoms with van der Waals surface area (Å²) in [6.07, 6.45) is 4.49. The number of halogens is 1. The van der Waals surface area contributed by atoms with Crippen LogP contribution in [0.4, 0.5) is 5.69 Å². The van der Waals surface area contributed by atoms with Gasteiger partial charge in [0.25, 0.3) is 0 Å². The SMILES string of the molecule is CN(C)CCCNc1ccncc1Cl. The zero-order chi connectivity index (χ0) is 10.4. The van der Waals surface area contributed by atoms with Crippen molar-refractivity contribution >= 4 is 17.3 Å². The lowest BCUT2D eigenvalue weighted by Gasteiger charge is -2.11. The molecular formula is C10H16ClN3. The molecule has 0 aliphatic heterocycles. The van der Waals surface area contributed by atoms with Crippen LogP contribution in [0.5, 0.6) is 0 Å². The minimum atomic E-state index is 0.678. The van der Waals surface area contributed by atoms with Gasteiger partial charge in [-0.25, -0.2) is 0 Å². The molecule has 0 saturated heterocycles. The maximum absolute atomic E-state index is 5.93. The Kier molecular flexibility index (Phi) is 4.70. The van der Waals surface area contributed by atoms with Gasteiger partial charge >= 0.3 is 0 Å². The standard InChI is InChI=1S/C10H16ClN3/c1-14(2)7-3-5-13-10-4-6-12-8-9(10)11/h4,6,8H,3,5,7H2,1-2H3,(H,12,13). The topological polar surface area (TPSA) is 28.2 Å². The number of hydrogen-bond donors (Lipinski definition) is 1. The first-order valence-corrected chi connectivity index (χ1v) is 5.06. The van der Waals surface area contributed by atoms with Gasteiger partial charge in [-0.15, -0.1) is 0 Å². The fourth-order valence-corrected chi connectivity index (χ4v) is 1.32. The fraction of sp³-hybridized carbons (Fsp3) is 0.500. The van der Waals surface area contributed by atoms with E-state index in [4.69, 9.17) is 11.6 Å². The number of nitrogens with one attached hydrogen (secondary N) is 1. The summed E-state index contributed by atoms with van der Waals surface area (Å²) in [6, 6.07) is 1.89. The van der Waals surface area contributed by atoms with Crippen molar-refractivity contribution in [2.75, 3.05) is 32.5 Å². The van der Waals surface area contributed by atoms with Crippen LogP contribution in [0, 0.1) is 0 Å². The Balaban J connectivity index is 2.28. The molecule has 14 heavy (non-hydrogen) atoms. The van der Waals surface area contributed by atoms with Gasteiger partial charge in [-0.3, -0.25) is 4.98 Å². The zero-order valence-corrected chi connectivity index (χ0v) is 9.38. The van der Waals surface area contributed by atoms with Crippen molar-refractivity contribution < 1.29 is 0 Å². The van der Waals surface area contributed by atoms with Gasteiger partial charge in [-0.2, -0.15) is 0 Å². The summed E-state index contributed by atoms with van der Waals surface area (Å²) >= 11 is 5.93. The second kappa shape index (κ2) is 5.83. The van der Waals surface area contributed by atoms with Crippen LogP contribution in [-0.4, -0.2) is 37.1 Å². The van der Waals surface area contributed by atoms with Crippen molar-refractivity contribution in [3.05, 3.63) is 23.5 Å². The maximum atomic E-state index is 5.93. The van der Waals surface area contributed by atoms with E-state index in [-0.39, 0.29) is 0 Å². The fourth-order valence-electron chi connectivity index (χ4n) is 1.14. The molecule has 0 fully saturated rings. The molecule has 0 aromatic carbocycles. The molecule has 0 aliphatic carbocycles. The van der Waals surface area contributed by atoms with Crippen LogP contribution in [0.15, 0.2) is 18.5 Å². The molecule has 1 rings (SSSR count). The first-order chi connectivity index (χ1) is 6.70. The van der Waals surface area contributed by atoms with Gasteiger partial charge < -0.3 is 10.2 Å². The highest BCUT2D eigenvalue weighted by atomic mass is 35.5. The largest absolute Gasteiger partial charge is 0.384 e. The monoisotopic (exact) mass is 213 g/mol. The maximum Gasteiger partial charge on any atom is 0.0820 e. The van der Waals surface area contributed by atoms with Gasteiger partial charge in [0.2, 0.25) is 0 Å². The summed E-state index contributed by atoms with van der Waals surface area (Å²) in [4.78, 5) is 6.08. The number of rotatable bonds is 5. The molecule has 1 aromatic rings. The lowest BCUT2D eigenvalue weighted by atomic mass is 10.3. The molecular weight excluding hydrogens is 198 g/mol. The van der Waals surface area contributed by atoms with E-state index in [1.807, 2.05) is 6.07 Å². The van der Waals surface area contributed by atoms with Crippen LogP contribution >= 0.6 is 11.6 Å². The van der Waals surface area contributed by atoms with E-state index >= 15 is 0 Å². The minimum Gasteiger partial charge on any atom is -0.384 e. The van der Waals surface area contributed by atoms with Gasteiger partial charge in [-0.05, 0) is 33.1 Å². The third kappa shape index (κ3) is 3.94. The first kappa shape index (κ1) is 11.3. The second-order valence-electron chi connectivity index (χ2n) is 3.44. The molecule has 4 heteroatoms. The molecule has 0 amide bonds. The Bertz CT molecular complexity index is 276. The van der Waals surface area contributed by atoms with E-state index in [1.54, 1.807) is 12.4 Å². The van der Waals surface area contributed by atoms with E-state index in [9.17, 15) is 0 Å². The third-order valence-electron chi connectivity index (χ3n) is 1.87. The quantitative estimate of drug-likeness (QED) is 0.760. The molecule has 0 unspecified atom stereocenters.